The lowest BCUT2D eigenvalue weighted by atomic mass is 10.0. The van der Waals surface area contributed by atoms with Gasteiger partial charge < -0.3 is 13.3 Å². The molecule has 0 fully saturated rings. The molecule has 0 heterocycles. The predicted molar refractivity (Wildman–Crippen MR) is 125 cm³/mol. The van der Waals surface area contributed by atoms with Gasteiger partial charge in [0.25, 0.3) is 0 Å². The summed E-state index contributed by atoms with van der Waals surface area (Å²) in [5, 5.41) is 0. The molecule has 0 aliphatic heterocycles. The summed E-state index contributed by atoms with van der Waals surface area (Å²) in [5.74, 6) is 0. The third-order valence-electron chi connectivity index (χ3n) is 5.36. The van der Waals surface area contributed by atoms with Crippen LogP contribution in [0.1, 0.15) is 136 Å². The highest BCUT2D eigenvalue weighted by molar-refractivity contribution is 6.36. The Bertz CT molecular complexity index is 271. The molecule has 0 amide bonds. The van der Waals surface area contributed by atoms with Crippen LogP contribution >= 0.6 is 0 Å². The van der Waals surface area contributed by atoms with E-state index in [-0.39, 0.29) is 0 Å². The lowest BCUT2D eigenvalue weighted by molar-refractivity contribution is 0.100. The fourth-order valence-electron chi connectivity index (χ4n) is 3.60. The Balaban J connectivity index is 3.12. The number of unbranched alkanes of at least 4 members (excludes halogenated alkanes) is 17. The molecule has 0 aliphatic rings. The van der Waals surface area contributed by atoms with Gasteiger partial charge >= 0.3 is 9.53 Å². The van der Waals surface area contributed by atoms with E-state index in [9.17, 15) is 0 Å². The Labute approximate surface area is 179 Å². The summed E-state index contributed by atoms with van der Waals surface area (Å²) in [5.41, 5.74) is 0. The third-order valence-corrected chi connectivity index (χ3v) is 7.08. The Morgan fingerprint density at radius 2 is 0.714 bits per heavy atom. The molecule has 0 rings (SSSR count). The molecule has 0 aromatic carbocycles. The van der Waals surface area contributed by atoms with Gasteiger partial charge in [0.15, 0.2) is 0 Å². The van der Waals surface area contributed by atoms with Gasteiger partial charge in [-0.1, -0.05) is 116 Å². The maximum absolute atomic E-state index is 5.75. The third kappa shape index (κ3) is 22.4. The van der Waals surface area contributed by atoms with Crippen molar-refractivity contribution in [1.82, 2.24) is 0 Å². The van der Waals surface area contributed by atoms with Gasteiger partial charge in [-0.15, -0.1) is 0 Å². The van der Waals surface area contributed by atoms with Crippen LogP contribution in [-0.4, -0.2) is 29.3 Å². The predicted octanol–water partition coefficient (Wildman–Crippen LogP) is 7.83. The molecule has 170 valence electrons. The van der Waals surface area contributed by atoms with Crippen LogP contribution in [-0.2, 0) is 13.3 Å². The largest absolute Gasteiger partial charge is 0.484 e. The Morgan fingerprint density at radius 1 is 0.393 bits per heavy atom. The molecule has 0 unspecified atom stereocenters. The van der Waals surface area contributed by atoms with Crippen LogP contribution in [0.15, 0.2) is 0 Å². The number of rotatable bonds is 24. The van der Waals surface area contributed by atoms with E-state index in [0.29, 0.717) is 13.2 Å². The molecule has 0 spiro atoms. The first-order chi connectivity index (χ1) is 13.8. The maximum atomic E-state index is 5.75. The van der Waals surface area contributed by atoms with Crippen LogP contribution in [0.4, 0.5) is 0 Å². The molecule has 28 heavy (non-hydrogen) atoms. The van der Waals surface area contributed by atoms with E-state index in [2.05, 4.69) is 6.92 Å². The first-order valence-electron chi connectivity index (χ1n) is 12.7. The van der Waals surface area contributed by atoms with Crippen molar-refractivity contribution in [3.8, 4) is 0 Å². The van der Waals surface area contributed by atoms with Crippen molar-refractivity contribution in [2.24, 2.45) is 0 Å². The van der Waals surface area contributed by atoms with Crippen LogP contribution < -0.4 is 0 Å². The minimum Gasteiger partial charge on any atom is -0.376 e. The second-order valence-electron chi connectivity index (χ2n) is 8.08. The maximum Gasteiger partial charge on any atom is 0.484 e. The summed E-state index contributed by atoms with van der Waals surface area (Å²) in [4.78, 5) is 0. The Kier molecular flexibility index (Phi) is 25.2. The van der Waals surface area contributed by atoms with E-state index in [4.69, 9.17) is 13.3 Å². The molecule has 3 nitrogen and oxygen atoms in total. The normalized spacial score (nSPS) is 11.6. The molecule has 0 saturated heterocycles. The summed E-state index contributed by atoms with van der Waals surface area (Å²) in [6.07, 6.45) is 25.4. The van der Waals surface area contributed by atoms with Gasteiger partial charge in [0.2, 0.25) is 0 Å². The highest BCUT2D eigenvalue weighted by Crippen LogP contribution is 2.14. The van der Waals surface area contributed by atoms with Gasteiger partial charge in [0.1, 0.15) is 0 Å². The van der Waals surface area contributed by atoms with Crippen LogP contribution in [0.5, 0.6) is 0 Å². The van der Waals surface area contributed by atoms with Crippen molar-refractivity contribution in [2.45, 2.75) is 136 Å². The molecule has 0 saturated carbocycles. The molecule has 0 aromatic heterocycles. The fraction of sp³-hybridized carbons (Fsp3) is 1.00. The first kappa shape index (κ1) is 28.1. The van der Waals surface area contributed by atoms with Crippen molar-refractivity contribution >= 4 is 9.53 Å². The standard InChI is InChI=1S/C24H52O3Si/c1-4-7-8-9-10-11-12-13-14-15-16-17-18-19-20-21-22-23-24-27-28(25-5-2)26-6-3/h28H,4-24H2,1-3H3. The molecule has 0 aliphatic carbocycles. The monoisotopic (exact) mass is 416 g/mol. The molecule has 0 atom stereocenters. The molecule has 0 bridgehead atoms. The fourth-order valence-corrected chi connectivity index (χ4v) is 4.79. The highest BCUT2D eigenvalue weighted by Gasteiger charge is 2.12. The summed E-state index contributed by atoms with van der Waals surface area (Å²) >= 11 is 0. The number of hydrogen-bond donors (Lipinski definition) is 0. The van der Waals surface area contributed by atoms with Crippen LogP contribution in [0.2, 0.25) is 0 Å². The summed E-state index contributed by atoms with van der Waals surface area (Å²) in [6, 6.07) is 0. The van der Waals surface area contributed by atoms with E-state index in [1.165, 1.54) is 109 Å². The Hall–Kier alpha value is 0.0969. The van der Waals surface area contributed by atoms with Crippen LogP contribution in [0.3, 0.4) is 0 Å². The van der Waals surface area contributed by atoms with Crippen LogP contribution in [0, 0.1) is 0 Å². The number of hydrogen-bond acceptors (Lipinski definition) is 3. The molecular weight excluding hydrogens is 364 g/mol. The van der Waals surface area contributed by atoms with E-state index >= 15 is 0 Å². The minimum absolute atomic E-state index is 0.690. The quantitative estimate of drug-likeness (QED) is 0.118. The van der Waals surface area contributed by atoms with Gasteiger partial charge in [-0.05, 0) is 20.3 Å². The van der Waals surface area contributed by atoms with E-state index in [0.717, 1.165) is 13.0 Å². The van der Waals surface area contributed by atoms with Crippen molar-refractivity contribution in [3.05, 3.63) is 0 Å². The average molecular weight is 417 g/mol. The van der Waals surface area contributed by atoms with Gasteiger partial charge in [0, 0.05) is 19.8 Å². The van der Waals surface area contributed by atoms with Crippen molar-refractivity contribution in [2.75, 3.05) is 19.8 Å². The van der Waals surface area contributed by atoms with Crippen molar-refractivity contribution in [1.29, 1.82) is 0 Å². The summed E-state index contributed by atoms with van der Waals surface area (Å²) in [6.45, 7) is 8.47. The van der Waals surface area contributed by atoms with Crippen molar-refractivity contribution < 1.29 is 13.3 Å². The second kappa shape index (κ2) is 25.1. The molecule has 4 heteroatoms. The molecule has 0 N–H and O–H groups in total. The summed E-state index contributed by atoms with van der Waals surface area (Å²) < 4.78 is 16.8. The van der Waals surface area contributed by atoms with Gasteiger partial charge in [0.05, 0.1) is 0 Å². The zero-order chi connectivity index (χ0) is 20.5. The SMILES string of the molecule is CCCCCCCCCCCCCCCCCCCCO[SiH](OCC)OCC. The highest BCUT2D eigenvalue weighted by atomic mass is 28.3. The van der Waals surface area contributed by atoms with E-state index in [1.807, 2.05) is 13.8 Å². The second-order valence-corrected chi connectivity index (χ2v) is 9.66. The first-order valence-corrected chi connectivity index (χ1v) is 14.1. The Morgan fingerprint density at radius 3 is 1.04 bits per heavy atom. The molecule has 0 aromatic rings. The van der Waals surface area contributed by atoms with Crippen LogP contribution in [0.25, 0.3) is 0 Å². The van der Waals surface area contributed by atoms with E-state index < -0.39 is 9.53 Å². The topological polar surface area (TPSA) is 27.7 Å². The van der Waals surface area contributed by atoms with Gasteiger partial charge in [-0.2, -0.15) is 0 Å². The van der Waals surface area contributed by atoms with Gasteiger partial charge in [-0.3, -0.25) is 0 Å². The molecule has 0 radical (unpaired) electrons. The summed E-state index contributed by atoms with van der Waals surface area (Å²) in [7, 11) is -1.83. The average Bonchev–Trinajstić information content (AvgIpc) is 2.70. The zero-order valence-electron chi connectivity index (χ0n) is 19.7. The van der Waals surface area contributed by atoms with E-state index in [1.54, 1.807) is 0 Å². The van der Waals surface area contributed by atoms with Crippen molar-refractivity contribution in [3.63, 3.8) is 0 Å². The minimum atomic E-state index is -1.83. The lowest BCUT2D eigenvalue weighted by Gasteiger charge is -2.14. The molecular formula is C24H52O3Si. The smallest absolute Gasteiger partial charge is 0.376 e. The van der Waals surface area contributed by atoms with Gasteiger partial charge in [-0.25, -0.2) is 0 Å². The lowest BCUT2D eigenvalue weighted by Crippen LogP contribution is -2.27. The zero-order valence-corrected chi connectivity index (χ0v) is 20.8.